The topological polar surface area (TPSA) is 65.0 Å². The van der Waals surface area contributed by atoms with Gasteiger partial charge in [-0.05, 0) is 18.6 Å². The molecule has 0 bridgehead atoms. The molecule has 2 rings (SSSR count). The van der Waals surface area contributed by atoms with Crippen LogP contribution in [0.3, 0.4) is 0 Å². The van der Waals surface area contributed by atoms with E-state index in [-0.39, 0.29) is 0 Å². The van der Waals surface area contributed by atoms with E-state index in [1.54, 1.807) is 19.1 Å². The fraction of sp³-hybridized carbons (Fsp3) is 0.462. The molecule has 1 atom stereocenters. The quantitative estimate of drug-likeness (QED) is 0.805. The molecule has 1 aliphatic rings. The number of hydrogen-bond acceptors (Lipinski definition) is 5. The Labute approximate surface area is 105 Å². The average Bonchev–Trinajstić information content (AvgIpc) is 2.63. The lowest BCUT2D eigenvalue weighted by molar-refractivity contribution is -0.150. The van der Waals surface area contributed by atoms with Gasteiger partial charge in [-0.2, -0.15) is 0 Å². The second-order valence-electron chi connectivity index (χ2n) is 4.08. The smallest absolute Gasteiger partial charge is 0.339 e. The van der Waals surface area contributed by atoms with Crippen molar-refractivity contribution in [3.63, 3.8) is 0 Å². The van der Waals surface area contributed by atoms with Crippen LogP contribution < -0.4 is 9.47 Å². The number of methoxy groups -OCH3 is 1. The van der Waals surface area contributed by atoms with Crippen molar-refractivity contribution in [2.75, 3.05) is 20.3 Å². The molecule has 18 heavy (non-hydrogen) atoms. The number of benzene rings is 1. The molecule has 1 N–H and O–H groups in total. The predicted molar refractivity (Wildman–Crippen MR) is 63.8 cm³/mol. The van der Waals surface area contributed by atoms with Crippen LogP contribution in [-0.2, 0) is 9.53 Å². The minimum atomic E-state index is -1.30. The van der Waals surface area contributed by atoms with Gasteiger partial charge in [0, 0.05) is 12.0 Å². The lowest BCUT2D eigenvalue weighted by atomic mass is 10.0. The summed E-state index contributed by atoms with van der Waals surface area (Å²) in [5.74, 6) is 0.548. The number of rotatable bonds is 2. The molecule has 98 valence electrons. The maximum absolute atomic E-state index is 11.4. The summed E-state index contributed by atoms with van der Waals surface area (Å²) in [5, 5.41) is 9.87. The highest BCUT2D eigenvalue weighted by Crippen LogP contribution is 2.37. The SMILES string of the molecule is COC(=O)C(O)c1ccc2c(c1C)OCCCO2. The molecule has 0 spiro atoms. The first-order valence-electron chi connectivity index (χ1n) is 5.80. The van der Waals surface area contributed by atoms with Gasteiger partial charge >= 0.3 is 5.97 Å². The molecule has 1 aromatic rings. The number of hydrogen-bond donors (Lipinski definition) is 1. The van der Waals surface area contributed by atoms with Gasteiger partial charge in [0.05, 0.1) is 20.3 Å². The third-order valence-electron chi connectivity index (χ3n) is 2.92. The van der Waals surface area contributed by atoms with E-state index in [0.29, 0.717) is 35.8 Å². The van der Waals surface area contributed by atoms with Gasteiger partial charge in [0.1, 0.15) is 0 Å². The number of ether oxygens (including phenoxy) is 3. The lowest BCUT2D eigenvalue weighted by Crippen LogP contribution is -2.15. The Kier molecular flexibility index (Phi) is 3.72. The predicted octanol–water partition coefficient (Wildman–Crippen LogP) is 1.36. The van der Waals surface area contributed by atoms with Crippen LogP contribution in [0.1, 0.15) is 23.7 Å². The summed E-state index contributed by atoms with van der Waals surface area (Å²) >= 11 is 0. The van der Waals surface area contributed by atoms with Gasteiger partial charge in [0.2, 0.25) is 0 Å². The van der Waals surface area contributed by atoms with Crippen LogP contribution in [0.5, 0.6) is 11.5 Å². The molecule has 0 fully saturated rings. The first-order chi connectivity index (χ1) is 8.65. The molecule has 5 heteroatoms. The molecule has 0 amide bonds. The van der Waals surface area contributed by atoms with E-state index in [1.165, 1.54) is 7.11 Å². The van der Waals surface area contributed by atoms with Gasteiger partial charge in [-0.15, -0.1) is 0 Å². The molecule has 1 aromatic carbocycles. The van der Waals surface area contributed by atoms with Crippen molar-refractivity contribution in [2.24, 2.45) is 0 Å². The maximum Gasteiger partial charge on any atom is 0.339 e. The highest BCUT2D eigenvalue weighted by Gasteiger charge is 2.24. The fourth-order valence-electron chi connectivity index (χ4n) is 1.93. The monoisotopic (exact) mass is 252 g/mol. The van der Waals surface area contributed by atoms with Crippen LogP contribution >= 0.6 is 0 Å². The maximum atomic E-state index is 11.4. The van der Waals surface area contributed by atoms with E-state index in [4.69, 9.17) is 9.47 Å². The number of aliphatic hydroxyl groups excluding tert-OH is 1. The highest BCUT2D eigenvalue weighted by atomic mass is 16.5. The molecule has 0 aromatic heterocycles. The molecule has 0 radical (unpaired) electrons. The molecule has 1 aliphatic heterocycles. The Morgan fingerprint density at radius 1 is 1.39 bits per heavy atom. The molecule has 1 heterocycles. The summed E-state index contributed by atoms with van der Waals surface area (Å²) in [7, 11) is 1.24. The normalized spacial score (nSPS) is 15.7. The van der Waals surface area contributed by atoms with Crippen LogP contribution in [0, 0.1) is 6.92 Å². The molecule has 0 saturated carbocycles. The fourth-order valence-corrected chi connectivity index (χ4v) is 1.93. The van der Waals surface area contributed by atoms with Crippen molar-refractivity contribution in [1.82, 2.24) is 0 Å². The minimum absolute atomic E-state index is 0.478. The van der Waals surface area contributed by atoms with Crippen LogP contribution in [0.2, 0.25) is 0 Å². The Morgan fingerprint density at radius 3 is 2.83 bits per heavy atom. The van der Waals surface area contributed by atoms with Crippen LogP contribution in [0.25, 0.3) is 0 Å². The highest BCUT2D eigenvalue weighted by molar-refractivity contribution is 5.77. The first-order valence-corrected chi connectivity index (χ1v) is 5.80. The van der Waals surface area contributed by atoms with Gasteiger partial charge in [0.15, 0.2) is 17.6 Å². The number of aliphatic hydroxyl groups is 1. The number of fused-ring (bicyclic) bond motifs is 1. The van der Waals surface area contributed by atoms with Crippen LogP contribution in [-0.4, -0.2) is 31.4 Å². The van der Waals surface area contributed by atoms with E-state index >= 15 is 0 Å². The number of carbonyl (C=O) groups is 1. The van der Waals surface area contributed by atoms with Crippen molar-refractivity contribution in [1.29, 1.82) is 0 Å². The van der Waals surface area contributed by atoms with Gasteiger partial charge in [0.25, 0.3) is 0 Å². The molecule has 0 aliphatic carbocycles. The summed E-state index contributed by atoms with van der Waals surface area (Å²) in [6, 6.07) is 3.36. The molecule has 5 nitrogen and oxygen atoms in total. The lowest BCUT2D eigenvalue weighted by Gasteiger charge is -2.16. The molecular weight excluding hydrogens is 236 g/mol. The van der Waals surface area contributed by atoms with Crippen molar-refractivity contribution in [2.45, 2.75) is 19.4 Å². The Morgan fingerprint density at radius 2 is 2.11 bits per heavy atom. The second kappa shape index (κ2) is 5.27. The summed E-state index contributed by atoms with van der Waals surface area (Å²) in [6.07, 6.45) is -0.490. The molecular formula is C13H16O5. The summed E-state index contributed by atoms with van der Waals surface area (Å²) < 4.78 is 15.7. The van der Waals surface area contributed by atoms with Crippen molar-refractivity contribution < 1.29 is 24.1 Å². The van der Waals surface area contributed by atoms with Crippen LogP contribution in [0.4, 0.5) is 0 Å². The second-order valence-corrected chi connectivity index (χ2v) is 4.08. The van der Waals surface area contributed by atoms with Crippen molar-refractivity contribution >= 4 is 5.97 Å². The average molecular weight is 252 g/mol. The third-order valence-corrected chi connectivity index (χ3v) is 2.92. The van der Waals surface area contributed by atoms with Gasteiger partial charge < -0.3 is 19.3 Å². The van der Waals surface area contributed by atoms with Crippen molar-refractivity contribution in [3.05, 3.63) is 23.3 Å². The van der Waals surface area contributed by atoms with E-state index in [1.807, 2.05) is 0 Å². The zero-order chi connectivity index (χ0) is 13.1. The van der Waals surface area contributed by atoms with E-state index < -0.39 is 12.1 Å². The van der Waals surface area contributed by atoms with Crippen LogP contribution in [0.15, 0.2) is 12.1 Å². The Hall–Kier alpha value is -1.75. The summed E-state index contributed by atoms with van der Waals surface area (Å²) in [4.78, 5) is 11.4. The number of esters is 1. The van der Waals surface area contributed by atoms with E-state index in [2.05, 4.69) is 4.74 Å². The van der Waals surface area contributed by atoms with Crippen molar-refractivity contribution in [3.8, 4) is 11.5 Å². The first kappa shape index (κ1) is 12.7. The molecule has 0 saturated heterocycles. The van der Waals surface area contributed by atoms with Gasteiger partial charge in [-0.3, -0.25) is 0 Å². The third kappa shape index (κ3) is 2.26. The molecule has 1 unspecified atom stereocenters. The van der Waals surface area contributed by atoms with Gasteiger partial charge in [-0.25, -0.2) is 4.79 Å². The standard InChI is InChI=1S/C13H16O5/c1-8-9(11(14)13(15)16-2)4-5-10-12(8)18-7-3-6-17-10/h4-5,11,14H,3,6-7H2,1-2H3. The van der Waals surface area contributed by atoms with E-state index in [0.717, 1.165) is 6.42 Å². The Balaban J connectivity index is 2.39. The minimum Gasteiger partial charge on any atom is -0.490 e. The van der Waals surface area contributed by atoms with Gasteiger partial charge in [-0.1, -0.05) is 6.07 Å². The largest absolute Gasteiger partial charge is 0.490 e. The number of carbonyl (C=O) groups excluding carboxylic acids is 1. The summed E-state index contributed by atoms with van der Waals surface area (Å²) in [6.45, 7) is 2.95. The zero-order valence-corrected chi connectivity index (χ0v) is 10.4. The zero-order valence-electron chi connectivity index (χ0n) is 10.4. The summed E-state index contributed by atoms with van der Waals surface area (Å²) in [5.41, 5.74) is 1.18. The van der Waals surface area contributed by atoms with E-state index in [9.17, 15) is 9.90 Å². The Bertz CT molecular complexity index is 455.